The Balaban J connectivity index is 2.15. The van der Waals surface area contributed by atoms with Gasteiger partial charge >= 0.3 is 6.18 Å². The van der Waals surface area contributed by atoms with E-state index < -0.39 is 11.7 Å². The van der Waals surface area contributed by atoms with Crippen LogP contribution in [0.25, 0.3) is 22.2 Å². The number of benzene rings is 1. The smallest absolute Gasteiger partial charge is 0.399 e. The molecular weight excluding hydrogens is 267 g/mol. The highest BCUT2D eigenvalue weighted by atomic mass is 19.4. The number of H-pyrrole nitrogens is 1. The lowest BCUT2D eigenvalue weighted by atomic mass is 10.1. The van der Waals surface area contributed by atoms with Gasteiger partial charge in [0.15, 0.2) is 0 Å². The van der Waals surface area contributed by atoms with E-state index in [-0.39, 0.29) is 0 Å². The Hall–Kier alpha value is -2.50. The van der Waals surface area contributed by atoms with Crippen LogP contribution < -0.4 is 5.73 Å². The van der Waals surface area contributed by atoms with Gasteiger partial charge in [-0.25, -0.2) is 0 Å². The SMILES string of the molecule is Nc1ccnc(-c2c[nH]c3cc(C(F)(F)F)ccc23)c1. The summed E-state index contributed by atoms with van der Waals surface area (Å²) in [7, 11) is 0. The number of hydrogen-bond acceptors (Lipinski definition) is 2. The molecule has 0 saturated carbocycles. The number of alkyl halides is 3. The van der Waals surface area contributed by atoms with Crippen LogP contribution in [0.2, 0.25) is 0 Å². The fourth-order valence-corrected chi connectivity index (χ4v) is 2.11. The third-order valence-corrected chi connectivity index (χ3v) is 3.07. The molecule has 2 heterocycles. The number of hydrogen-bond donors (Lipinski definition) is 2. The summed E-state index contributed by atoms with van der Waals surface area (Å²) in [6, 6.07) is 6.92. The number of rotatable bonds is 1. The van der Waals surface area contributed by atoms with Crippen LogP contribution in [-0.2, 0) is 6.18 Å². The minimum atomic E-state index is -4.35. The van der Waals surface area contributed by atoms with E-state index in [0.29, 0.717) is 22.3 Å². The highest BCUT2D eigenvalue weighted by Crippen LogP contribution is 2.34. The minimum Gasteiger partial charge on any atom is -0.399 e. The monoisotopic (exact) mass is 277 g/mol. The Morgan fingerprint density at radius 1 is 1.10 bits per heavy atom. The average Bonchev–Trinajstić information content (AvgIpc) is 2.80. The molecule has 3 N–H and O–H groups in total. The van der Waals surface area contributed by atoms with Crippen molar-refractivity contribution in [3.05, 3.63) is 48.3 Å². The summed E-state index contributed by atoms with van der Waals surface area (Å²) < 4.78 is 38.0. The van der Waals surface area contributed by atoms with Crippen LogP contribution in [0.3, 0.4) is 0 Å². The van der Waals surface area contributed by atoms with Crippen molar-refractivity contribution in [2.24, 2.45) is 0 Å². The predicted octanol–water partition coefficient (Wildman–Crippen LogP) is 3.83. The fraction of sp³-hybridized carbons (Fsp3) is 0.0714. The zero-order valence-electron chi connectivity index (χ0n) is 10.2. The molecule has 2 aromatic heterocycles. The van der Waals surface area contributed by atoms with Gasteiger partial charge in [-0.1, -0.05) is 6.07 Å². The van der Waals surface area contributed by atoms with Gasteiger partial charge in [0.2, 0.25) is 0 Å². The number of fused-ring (bicyclic) bond motifs is 1. The molecule has 3 nitrogen and oxygen atoms in total. The molecule has 0 aliphatic rings. The number of nitrogen functional groups attached to an aromatic ring is 1. The van der Waals surface area contributed by atoms with Crippen LogP contribution in [0.15, 0.2) is 42.7 Å². The van der Waals surface area contributed by atoms with E-state index in [4.69, 9.17) is 5.73 Å². The summed E-state index contributed by atoms with van der Waals surface area (Å²) in [6.45, 7) is 0. The fourth-order valence-electron chi connectivity index (χ4n) is 2.11. The van der Waals surface area contributed by atoms with Crippen molar-refractivity contribution in [2.75, 3.05) is 5.73 Å². The van der Waals surface area contributed by atoms with Gasteiger partial charge in [-0.3, -0.25) is 4.98 Å². The molecule has 0 spiro atoms. The molecule has 1 aromatic carbocycles. The van der Waals surface area contributed by atoms with Crippen LogP contribution in [0.4, 0.5) is 18.9 Å². The van der Waals surface area contributed by atoms with Gasteiger partial charge in [-0.05, 0) is 24.3 Å². The molecule has 0 fully saturated rings. The first-order chi connectivity index (χ1) is 9.45. The summed E-state index contributed by atoms with van der Waals surface area (Å²) in [5.74, 6) is 0. The van der Waals surface area contributed by atoms with Gasteiger partial charge in [0.25, 0.3) is 0 Å². The highest BCUT2D eigenvalue weighted by Gasteiger charge is 2.30. The van der Waals surface area contributed by atoms with E-state index in [1.165, 1.54) is 6.07 Å². The van der Waals surface area contributed by atoms with Crippen molar-refractivity contribution in [2.45, 2.75) is 6.18 Å². The lowest BCUT2D eigenvalue weighted by Crippen LogP contribution is -2.04. The van der Waals surface area contributed by atoms with Gasteiger partial charge in [0.05, 0.1) is 11.3 Å². The van der Waals surface area contributed by atoms with E-state index >= 15 is 0 Å². The first kappa shape index (κ1) is 12.5. The van der Waals surface area contributed by atoms with Crippen LogP contribution in [0.1, 0.15) is 5.56 Å². The second kappa shape index (κ2) is 4.26. The maximum absolute atomic E-state index is 12.7. The molecule has 0 radical (unpaired) electrons. The highest BCUT2D eigenvalue weighted by molar-refractivity contribution is 5.95. The number of nitrogens with two attached hydrogens (primary N) is 1. The van der Waals surface area contributed by atoms with Gasteiger partial charge in [-0.2, -0.15) is 13.2 Å². The van der Waals surface area contributed by atoms with Crippen molar-refractivity contribution in [1.29, 1.82) is 0 Å². The lowest BCUT2D eigenvalue weighted by Gasteiger charge is -2.06. The number of aromatic nitrogens is 2. The van der Waals surface area contributed by atoms with Crippen molar-refractivity contribution in [3.8, 4) is 11.3 Å². The molecule has 0 aliphatic carbocycles. The van der Waals surface area contributed by atoms with E-state index in [0.717, 1.165) is 17.7 Å². The summed E-state index contributed by atoms with van der Waals surface area (Å²) in [5, 5.41) is 0.677. The van der Waals surface area contributed by atoms with Gasteiger partial charge in [-0.15, -0.1) is 0 Å². The Labute approximate surface area is 112 Å². The molecule has 3 rings (SSSR count). The van der Waals surface area contributed by atoms with E-state index in [9.17, 15) is 13.2 Å². The second-order valence-electron chi connectivity index (χ2n) is 4.43. The third-order valence-electron chi connectivity index (χ3n) is 3.07. The average molecular weight is 277 g/mol. The second-order valence-corrected chi connectivity index (χ2v) is 4.43. The first-order valence-corrected chi connectivity index (χ1v) is 5.85. The largest absolute Gasteiger partial charge is 0.416 e. The molecule has 6 heteroatoms. The molecule has 0 bridgehead atoms. The molecular formula is C14H10F3N3. The van der Waals surface area contributed by atoms with Crippen LogP contribution in [0, 0.1) is 0 Å². The van der Waals surface area contributed by atoms with Crippen molar-refractivity contribution in [3.63, 3.8) is 0 Å². The summed E-state index contributed by atoms with van der Waals surface area (Å²) in [4.78, 5) is 7.02. The van der Waals surface area contributed by atoms with Crippen LogP contribution in [-0.4, -0.2) is 9.97 Å². The van der Waals surface area contributed by atoms with Crippen LogP contribution in [0.5, 0.6) is 0 Å². The quantitative estimate of drug-likeness (QED) is 0.710. The normalized spacial score (nSPS) is 11.9. The molecule has 102 valence electrons. The van der Waals surface area contributed by atoms with Gasteiger partial charge in [0.1, 0.15) is 0 Å². The maximum atomic E-state index is 12.7. The van der Waals surface area contributed by atoms with E-state index in [2.05, 4.69) is 9.97 Å². The number of nitrogens with zero attached hydrogens (tertiary/aromatic N) is 1. The number of anilines is 1. The molecule has 3 aromatic rings. The molecule has 20 heavy (non-hydrogen) atoms. The summed E-state index contributed by atoms with van der Waals surface area (Å²) >= 11 is 0. The van der Waals surface area contributed by atoms with Gasteiger partial charge < -0.3 is 10.7 Å². The Morgan fingerprint density at radius 3 is 2.60 bits per heavy atom. The summed E-state index contributed by atoms with van der Waals surface area (Å²) in [6.07, 6.45) is -1.16. The minimum absolute atomic E-state index is 0.416. The predicted molar refractivity (Wildman–Crippen MR) is 70.9 cm³/mol. The maximum Gasteiger partial charge on any atom is 0.416 e. The van der Waals surface area contributed by atoms with Crippen molar-refractivity contribution >= 4 is 16.6 Å². The third kappa shape index (κ3) is 2.09. The molecule has 0 amide bonds. The summed E-state index contributed by atoms with van der Waals surface area (Å²) in [5.41, 5.74) is 7.32. The zero-order valence-corrected chi connectivity index (χ0v) is 10.2. The molecule has 0 aliphatic heterocycles. The Kier molecular flexibility index (Phi) is 2.67. The number of halogens is 3. The van der Waals surface area contributed by atoms with Gasteiger partial charge in [0, 0.05) is 34.5 Å². The van der Waals surface area contributed by atoms with Crippen LogP contribution >= 0.6 is 0 Å². The number of aromatic amines is 1. The standard InChI is InChI=1S/C14H10F3N3/c15-14(16,17)8-1-2-10-11(7-20-12(10)5-8)13-6-9(18)3-4-19-13/h1-7,20H,(H2,18,19). The topological polar surface area (TPSA) is 54.7 Å². The van der Waals surface area contributed by atoms with Crippen molar-refractivity contribution in [1.82, 2.24) is 9.97 Å². The molecule has 0 atom stereocenters. The Morgan fingerprint density at radius 2 is 1.90 bits per heavy atom. The number of nitrogens with one attached hydrogen (secondary N) is 1. The number of pyridine rings is 1. The molecule has 0 saturated heterocycles. The first-order valence-electron chi connectivity index (χ1n) is 5.85. The van der Waals surface area contributed by atoms with E-state index in [1.54, 1.807) is 24.5 Å². The molecule has 0 unspecified atom stereocenters. The lowest BCUT2D eigenvalue weighted by molar-refractivity contribution is -0.137. The zero-order chi connectivity index (χ0) is 14.3. The van der Waals surface area contributed by atoms with Crippen molar-refractivity contribution < 1.29 is 13.2 Å². The Bertz CT molecular complexity index is 775. The van der Waals surface area contributed by atoms with E-state index in [1.807, 2.05) is 0 Å².